The molecule has 26 heavy (non-hydrogen) atoms. The van der Waals surface area contributed by atoms with Gasteiger partial charge >= 0.3 is 5.97 Å². The van der Waals surface area contributed by atoms with E-state index in [1.807, 2.05) is 11.0 Å². The van der Waals surface area contributed by atoms with E-state index in [2.05, 4.69) is 4.72 Å². The Labute approximate surface area is 152 Å². The molecule has 10 heteroatoms. The van der Waals surface area contributed by atoms with Crippen LogP contribution in [0.2, 0.25) is 0 Å². The number of nitrogens with one attached hydrogen (secondary N) is 1. The van der Waals surface area contributed by atoms with E-state index in [4.69, 9.17) is 5.11 Å². The third kappa shape index (κ3) is 3.68. The minimum Gasteiger partial charge on any atom is -0.480 e. The summed E-state index contributed by atoms with van der Waals surface area (Å²) in [6, 6.07) is 4.71. The maximum absolute atomic E-state index is 12.5. The monoisotopic (exact) mass is 384 g/mol. The second-order valence-electron chi connectivity index (χ2n) is 7.14. The number of aromatic nitrogens is 1. The molecule has 0 aliphatic carbocycles. The van der Waals surface area contributed by atoms with E-state index in [1.54, 1.807) is 10.6 Å². The number of pyridine rings is 1. The molecule has 2 aliphatic heterocycles. The highest BCUT2D eigenvalue weighted by Crippen LogP contribution is 2.40. The number of nitrogens with zero attached hydrogens (tertiary/aromatic N) is 3. The predicted octanol–water partition coefficient (Wildman–Crippen LogP) is -0.711. The molecule has 2 aliphatic rings. The van der Waals surface area contributed by atoms with Crippen molar-refractivity contribution in [3.8, 4) is 0 Å². The number of carboxylic acids is 1. The van der Waals surface area contributed by atoms with Gasteiger partial charge in [0.05, 0.1) is 12.6 Å². The van der Waals surface area contributed by atoms with Gasteiger partial charge in [-0.2, -0.15) is 12.7 Å². The number of carboxylic acid groups (broad SMARTS) is 1. The molecule has 3 heterocycles. The van der Waals surface area contributed by atoms with Gasteiger partial charge in [0.25, 0.3) is 15.8 Å². The second-order valence-corrected chi connectivity index (χ2v) is 9.11. The first kappa shape index (κ1) is 19.0. The van der Waals surface area contributed by atoms with Gasteiger partial charge in [-0.1, -0.05) is 6.07 Å². The third-order valence-electron chi connectivity index (χ3n) is 5.19. The number of hydrogen-bond donors (Lipinski definition) is 2. The van der Waals surface area contributed by atoms with Gasteiger partial charge in [0.1, 0.15) is 0 Å². The number of fused-ring (bicyclic) bond motifs is 4. The van der Waals surface area contributed by atoms with E-state index in [9.17, 15) is 18.0 Å². The van der Waals surface area contributed by atoms with Crippen molar-refractivity contribution in [1.82, 2.24) is 18.5 Å². The van der Waals surface area contributed by atoms with Crippen LogP contribution in [0.3, 0.4) is 0 Å². The highest BCUT2D eigenvalue weighted by atomic mass is 32.2. The molecule has 0 saturated carbocycles. The zero-order valence-corrected chi connectivity index (χ0v) is 15.6. The van der Waals surface area contributed by atoms with Crippen LogP contribution in [-0.2, 0) is 15.0 Å². The molecule has 0 radical (unpaired) electrons. The summed E-state index contributed by atoms with van der Waals surface area (Å²) in [4.78, 5) is 25.5. The number of carbonyl (C=O) groups is 1. The molecule has 0 unspecified atom stereocenters. The summed E-state index contributed by atoms with van der Waals surface area (Å²) in [6.07, 6.45) is 0.813. The first-order chi connectivity index (χ1) is 12.2. The van der Waals surface area contributed by atoms with E-state index in [0.717, 1.165) is 16.4 Å². The molecule has 0 aromatic carbocycles. The molecule has 2 bridgehead atoms. The van der Waals surface area contributed by atoms with Crippen LogP contribution in [0.15, 0.2) is 23.0 Å². The van der Waals surface area contributed by atoms with Crippen molar-refractivity contribution in [2.75, 3.05) is 40.3 Å². The average Bonchev–Trinajstić information content (AvgIpc) is 2.54. The smallest absolute Gasteiger partial charge is 0.317 e. The Hall–Kier alpha value is -1.75. The SMILES string of the molecule is CN(C)S(=O)(=O)NC[C@H]1[C@H]2C[C@H](CN(CC(=O)O)C2)c2cccc(=O)n21. The highest BCUT2D eigenvalue weighted by molar-refractivity contribution is 7.87. The summed E-state index contributed by atoms with van der Waals surface area (Å²) in [6.45, 7) is 1.15. The highest BCUT2D eigenvalue weighted by Gasteiger charge is 2.41. The number of hydrogen-bond acceptors (Lipinski definition) is 5. The Morgan fingerprint density at radius 1 is 1.35 bits per heavy atom. The molecular weight excluding hydrogens is 360 g/mol. The summed E-state index contributed by atoms with van der Waals surface area (Å²) < 4.78 is 29.5. The van der Waals surface area contributed by atoms with Crippen molar-refractivity contribution in [2.45, 2.75) is 18.4 Å². The molecule has 1 saturated heterocycles. The lowest BCUT2D eigenvalue weighted by Crippen LogP contribution is -2.53. The third-order valence-corrected chi connectivity index (χ3v) is 6.68. The molecule has 2 N–H and O–H groups in total. The molecule has 144 valence electrons. The largest absolute Gasteiger partial charge is 0.480 e. The van der Waals surface area contributed by atoms with Crippen LogP contribution in [-0.4, -0.2) is 73.5 Å². The minimum absolute atomic E-state index is 0.00515. The number of aliphatic carboxylic acids is 1. The number of piperidine rings is 1. The minimum atomic E-state index is -3.61. The summed E-state index contributed by atoms with van der Waals surface area (Å²) in [5, 5.41) is 9.11. The Bertz CT molecular complexity index is 850. The zero-order chi connectivity index (χ0) is 19.1. The van der Waals surface area contributed by atoms with E-state index in [0.29, 0.717) is 13.1 Å². The van der Waals surface area contributed by atoms with Gasteiger partial charge in [-0.3, -0.25) is 14.5 Å². The van der Waals surface area contributed by atoms with Crippen molar-refractivity contribution in [3.05, 3.63) is 34.2 Å². The van der Waals surface area contributed by atoms with Gasteiger partial charge < -0.3 is 9.67 Å². The maximum Gasteiger partial charge on any atom is 0.317 e. The van der Waals surface area contributed by atoms with Crippen molar-refractivity contribution >= 4 is 16.2 Å². The van der Waals surface area contributed by atoms with Crippen LogP contribution in [0.4, 0.5) is 0 Å². The second kappa shape index (κ2) is 7.10. The molecule has 1 aromatic heterocycles. The van der Waals surface area contributed by atoms with Crippen LogP contribution in [0, 0.1) is 5.92 Å². The lowest BCUT2D eigenvalue weighted by atomic mass is 9.78. The molecule has 3 rings (SSSR count). The predicted molar refractivity (Wildman–Crippen MR) is 95.3 cm³/mol. The fourth-order valence-corrected chi connectivity index (χ4v) is 4.68. The summed E-state index contributed by atoms with van der Waals surface area (Å²) in [7, 11) is -0.734. The lowest BCUT2D eigenvalue weighted by molar-refractivity contribution is -0.139. The molecule has 3 atom stereocenters. The summed E-state index contributed by atoms with van der Waals surface area (Å²) in [5.41, 5.74) is 0.691. The van der Waals surface area contributed by atoms with Crippen LogP contribution in [0.5, 0.6) is 0 Å². The first-order valence-electron chi connectivity index (χ1n) is 8.51. The van der Waals surface area contributed by atoms with Crippen molar-refractivity contribution in [2.24, 2.45) is 5.92 Å². The van der Waals surface area contributed by atoms with Crippen molar-refractivity contribution in [3.63, 3.8) is 0 Å². The fraction of sp³-hybridized carbons (Fsp3) is 0.625. The van der Waals surface area contributed by atoms with E-state index in [1.165, 1.54) is 20.2 Å². The fourth-order valence-electron chi connectivity index (χ4n) is 4.04. The molecule has 9 nitrogen and oxygen atoms in total. The average molecular weight is 384 g/mol. The topological polar surface area (TPSA) is 112 Å². The molecule has 0 spiro atoms. The van der Waals surface area contributed by atoms with Crippen LogP contribution >= 0.6 is 0 Å². The Kier molecular flexibility index (Phi) is 5.20. The van der Waals surface area contributed by atoms with E-state index in [-0.39, 0.29) is 36.5 Å². The van der Waals surface area contributed by atoms with Gasteiger partial charge in [-0.15, -0.1) is 0 Å². The van der Waals surface area contributed by atoms with E-state index >= 15 is 0 Å². The Morgan fingerprint density at radius 3 is 2.73 bits per heavy atom. The zero-order valence-electron chi connectivity index (χ0n) is 14.8. The molecule has 1 aromatic rings. The summed E-state index contributed by atoms with van der Waals surface area (Å²) >= 11 is 0. The van der Waals surface area contributed by atoms with Crippen molar-refractivity contribution < 1.29 is 18.3 Å². The van der Waals surface area contributed by atoms with Crippen LogP contribution in [0.25, 0.3) is 0 Å². The summed E-state index contributed by atoms with van der Waals surface area (Å²) in [5.74, 6) is -0.811. The van der Waals surface area contributed by atoms with Gasteiger partial charge in [-0.25, -0.2) is 4.72 Å². The normalized spacial score (nSPS) is 25.9. The standard InChI is InChI=1S/C16H24N4O5S/c1-18(2)26(24,25)17-7-14-12-6-11(8-19(9-12)10-16(22)23)13-4-3-5-15(21)20(13)14/h3-5,11-12,14,17H,6-10H2,1-2H3,(H,22,23)/t11-,12+,14+/m1/s1. The van der Waals surface area contributed by atoms with Gasteiger partial charge in [0.15, 0.2) is 0 Å². The number of rotatable bonds is 6. The Morgan fingerprint density at radius 2 is 2.08 bits per heavy atom. The van der Waals surface area contributed by atoms with E-state index < -0.39 is 16.2 Å². The van der Waals surface area contributed by atoms with Crippen molar-refractivity contribution in [1.29, 1.82) is 0 Å². The van der Waals surface area contributed by atoms with Crippen LogP contribution in [0.1, 0.15) is 24.1 Å². The van der Waals surface area contributed by atoms with Gasteiger partial charge in [0.2, 0.25) is 0 Å². The van der Waals surface area contributed by atoms with Gasteiger partial charge in [-0.05, 0) is 18.4 Å². The molecule has 1 fully saturated rings. The first-order valence-corrected chi connectivity index (χ1v) is 9.95. The lowest BCUT2D eigenvalue weighted by Gasteiger charge is -2.46. The number of likely N-dealkylation sites (tertiary alicyclic amines) is 1. The quantitative estimate of drug-likeness (QED) is 0.670. The molecule has 0 amide bonds. The van der Waals surface area contributed by atoms with Crippen LogP contribution < -0.4 is 10.3 Å². The van der Waals surface area contributed by atoms with Gasteiger partial charge in [0, 0.05) is 51.4 Å². The Balaban J connectivity index is 1.93. The maximum atomic E-state index is 12.5. The molecular formula is C16H24N4O5S.